The van der Waals surface area contributed by atoms with Gasteiger partial charge in [0, 0.05) is 11.8 Å². The van der Waals surface area contributed by atoms with Crippen LogP contribution in [0.2, 0.25) is 0 Å². The van der Waals surface area contributed by atoms with Gasteiger partial charge in [-0.2, -0.15) is 10.2 Å². The lowest BCUT2D eigenvalue weighted by Gasteiger charge is -2.13. The molecule has 0 aliphatic heterocycles. The van der Waals surface area contributed by atoms with E-state index in [2.05, 4.69) is 10.2 Å². The van der Waals surface area contributed by atoms with Crippen LogP contribution in [0.3, 0.4) is 0 Å². The molecule has 0 saturated heterocycles. The number of aromatic nitrogens is 2. The zero-order valence-corrected chi connectivity index (χ0v) is 7.35. The molecule has 3 rings (SSSR count). The van der Waals surface area contributed by atoms with Crippen molar-refractivity contribution < 1.29 is 5.11 Å². The first-order valence-electron chi connectivity index (χ1n) is 4.83. The van der Waals surface area contributed by atoms with Crippen LogP contribution in [0.4, 0.5) is 0 Å². The molecule has 2 atom stereocenters. The minimum absolute atomic E-state index is 0.497. The molecule has 0 bridgehead atoms. The van der Waals surface area contributed by atoms with E-state index in [4.69, 9.17) is 0 Å². The van der Waals surface area contributed by atoms with Crippen molar-refractivity contribution in [3.63, 3.8) is 0 Å². The van der Waals surface area contributed by atoms with Crippen molar-refractivity contribution in [2.45, 2.75) is 24.9 Å². The van der Waals surface area contributed by atoms with Gasteiger partial charge in [0.15, 0.2) is 0 Å². The first-order chi connectivity index (χ1) is 6.33. The molecule has 0 aromatic carbocycles. The number of hydrogen-bond donors (Lipinski definition) is 1. The monoisotopic (exact) mass is 176 g/mol. The third-order valence-electron chi connectivity index (χ3n) is 3.58. The smallest absolute Gasteiger partial charge is 0.0976 e. The van der Waals surface area contributed by atoms with Crippen molar-refractivity contribution in [1.29, 1.82) is 0 Å². The lowest BCUT2D eigenvalue weighted by Crippen LogP contribution is -2.13. The van der Waals surface area contributed by atoms with E-state index >= 15 is 0 Å². The number of aliphatic hydroxyl groups is 1. The van der Waals surface area contributed by atoms with Gasteiger partial charge in [-0.05, 0) is 30.7 Å². The zero-order valence-electron chi connectivity index (χ0n) is 7.35. The molecule has 2 aliphatic rings. The van der Waals surface area contributed by atoms with Crippen LogP contribution in [0.1, 0.15) is 24.8 Å². The van der Waals surface area contributed by atoms with Crippen LogP contribution in [0.25, 0.3) is 0 Å². The molecule has 1 aromatic heterocycles. The maximum Gasteiger partial charge on any atom is 0.0976 e. The molecule has 68 valence electrons. The van der Waals surface area contributed by atoms with Crippen LogP contribution in [0.5, 0.6) is 0 Å². The summed E-state index contributed by atoms with van der Waals surface area (Å²) in [6.45, 7) is 0. The Morgan fingerprint density at radius 3 is 2.69 bits per heavy atom. The Morgan fingerprint density at radius 2 is 2.08 bits per heavy atom. The third-order valence-corrected chi connectivity index (χ3v) is 3.58. The summed E-state index contributed by atoms with van der Waals surface area (Å²) in [5.41, 5.74) is 0.408. The standard InChI is InChI=1S/C10H12N2O/c13-10(7-4-5-11-12-6-7)8-2-1-3-9(8)10/h4-6,8-9,13H,1-3H2. The van der Waals surface area contributed by atoms with E-state index in [1.165, 1.54) is 19.3 Å². The van der Waals surface area contributed by atoms with E-state index in [-0.39, 0.29) is 0 Å². The quantitative estimate of drug-likeness (QED) is 0.696. The zero-order chi connectivity index (χ0) is 8.89. The minimum Gasteiger partial charge on any atom is -0.384 e. The largest absolute Gasteiger partial charge is 0.384 e. The van der Waals surface area contributed by atoms with Gasteiger partial charge in [0.2, 0.25) is 0 Å². The minimum atomic E-state index is -0.547. The maximum absolute atomic E-state index is 10.3. The van der Waals surface area contributed by atoms with E-state index in [1.54, 1.807) is 12.4 Å². The normalized spacial score (nSPS) is 41.6. The van der Waals surface area contributed by atoms with E-state index in [9.17, 15) is 5.11 Å². The van der Waals surface area contributed by atoms with Crippen LogP contribution >= 0.6 is 0 Å². The van der Waals surface area contributed by atoms with Gasteiger partial charge in [-0.3, -0.25) is 0 Å². The lowest BCUT2D eigenvalue weighted by atomic mass is 10.0. The predicted molar refractivity (Wildman–Crippen MR) is 46.8 cm³/mol. The van der Waals surface area contributed by atoms with Crippen molar-refractivity contribution in [3.05, 3.63) is 24.0 Å². The summed E-state index contributed by atoms with van der Waals surface area (Å²) in [7, 11) is 0. The highest BCUT2D eigenvalue weighted by Gasteiger charge is 2.66. The molecular weight excluding hydrogens is 164 g/mol. The van der Waals surface area contributed by atoms with Gasteiger partial charge >= 0.3 is 0 Å². The molecule has 13 heavy (non-hydrogen) atoms. The Labute approximate surface area is 76.8 Å². The third kappa shape index (κ3) is 0.826. The first kappa shape index (κ1) is 7.44. The van der Waals surface area contributed by atoms with Crippen LogP contribution in [-0.4, -0.2) is 15.3 Å². The molecule has 2 aliphatic carbocycles. The van der Waals surface area contributed by atoms with Crippen LogP contribution in [0, 0.1) is 11.8 Å². The first-order valence-corrected chi connectivity index (χ1v) is 4.83. The summed E-state index contributed by atoms with van der Waals surface area (Å²) in [6, 6.07) is 1.88. The second kappa shape index (κ2) is 2.29. The molecule has 0 amide bonds. The Kier molecular flexibility index (Phi) is 1.31. The average molecular weight is 176 g/mol. The molecule has 0 radical (unpaired) electrons. The fourth-order valence-corrected chi connectivity index (χ4v) is 2.88. The Balaban J connectivity index is 1.95. The Morgan fingerprint density at radius 1 is 1.31 bits per heavy atom. The SMILES string of the molecule is OC1(c2ccnnc2)C2CCCC21. The molecule has 3 heteroatoms. The van der Waals surface area contributed by atoms with Crippen molar-refractivity contribution in [2.24, 2.45) is 11.8 Å². The number of rotatable bonds is 1. The van der Waals surface area contributed by atoms with Crippen LogP contribution in [0.15, 0.2) is 18.5 Å². The highest BCUT2D eigenvalue weighted by Crippen LogP contribution is 2.65. The van der Waals surface area contributed by atoms with Gasteiger partial charge in [0.05, 0.1) is 11.8 Å². The lowest BCUT2D eigenvalue weighted by molar-refractivity contribution is 0.105. The highest BCUT2D eigenvalue weighted by molar-refractivity contribution is 5.30. The molecule has 2 saturated carbocycles. The Bertz CT molecular complexity index is 315. The van der Waals surface area contributed by atoms with Gasteiger partial charge in [-0.15, -0.1) is 0 Å². The molecule has 1 N–H and O–H groups in total. The molecule has 3 nitrogen and oxygen atoms in total. The van der Waals surface area contributed by atoms with Crippen molar-refractivity contribution in [1.82, 2.24) is 10.2 Å². The highest BCUT2D eigenvalue weighted by atomic mass is 16.3. The second-order valence-electron chi connectivity index (χ2n) is 4.10. The summed E-state index contributed by atoms with van der Waals surface area (Å²) in [5, 5.41) is 17.8. The van der Waals surface area contributed by atoms with Gasteiger partial charge < -0.3 is 5.11 Å². The molecule has 0 spiro atoms. The van der Waals surface area contributed by atoms with Gasteiger partial charge in [0.1, 0.15) is 0 Å². The molecule has 1 heterocycles. The topological polar surface area (TPSA) is 46.0 Å². The molecule has 2 unspecified atom stereocenters. The van der Waals surface area contributed by atoms with Gasteiger partial charge in [0.25, 0.3) is 0 Å². The number of nitrogens with zero attached hydrogens (tertiary/aromatic N) is 2. The summed E-state index contributed by atoms with van der Waals surface area (Å²) in [5.74, 6) is 0.994. The second-order valence-corrected chi connectivity index (χ2v) is 4.10. The van der Waals surface area contributed by atoms with Crippen LogP contribution < -0.4 is 0 Å². The maximum atomic E-state index is 10.3. The fraction of sp³-hybridized carbons (Fsp3) is 0.600. The van der Waals surface area contributed by atoms with E-state index in [0.717, 1.165) is 5.56 Å². The summed E-state index contributed by atoms with van der Waals surface area (Å²) >= 11 is 0. The molecular formula is C10H12N2O. The van der Waals surface area contributed by atoms with Crippen molar-refractivity contribution in [3.8, 4) is 0 Å². The summed E-state index contributed by atoms with van der Waals surface area (Å²) < 4.78 is 0. The van der Waals surface area contributed by atoms with E-state index < -0.39 is 5.60 Å². The Hall–Kier alpha value is -0.960. The van der Waals surface area contributed by atoms with Gasteiger partial charge in [-0.1, -0.05) is 6.42 Å². The summed E-state index contributed by atoms with van der Waals surface area (Å²) in [4.78, 5) is 0. The fourth-order valence-electron chi connectivity index (χ4n) is 2.88. The van der Waals surface area contributed by atoms with E-state index in [0.29, 0.717) is 11.8 Å². The van der Waals surface area contributed by atoms with Crippen LogP contribution in [-0.2, 0) is 5.60 Å². The average Bonchev–Trinajstić information content (AvgIpc) is 2.62. The van der Waals surface area contributed by atoms with Crippen molar-refractivity contribution >= 4 is 0 Å². The van der Waals surface area contributed by atoms with E-state index in [1.807, 2.05) is 6.07 Å². The molecule has 2 fully saturated rings. The number of hydrogen-bond acceptors (Lipinski definition) is 3. The molecule has 1 aromatic rings. The predicted octanol–water partition coefficient (Wildman–Crippen LogP) is 1.09. The van der Waals surface area contributed by atoms with Crippen molar-refractivity contribution in [2.75, 3.05) is 0 Å². The van der Waals surface area contributed by atoms with Gasteiger partial charge in [-0.25, -0.2) is 0 Å². The number of fused-ring (bicyclic) bond motifs is 1. The summed E-state index contributed by atoms with van der Waals surface area (Å²) in [6.07, 6.45) is 6.96.